The van der Waals surface area contributed by atoms with Crippen LogP contribution in [0.5, 0.6) is 0 Å². The zero-order valence-electron chi connectivity index (χ0n) is 19.5. The highest BCUT2D eigenvalue weighted by Crippen LogP contribution is 2.70. The first-order chi connectivity index (χ1) is 15.1. The van der Waals surface area contributed by atoms with Gasteiger partial charge in [-0.15, -0.1) is 0 Å². The molecule has 0 aromatic carbocycles. The molecule has 2 aliphatic carbocycles. The van der Waals surface area contributed by atoms with E-state index in [0.717, 1.165) is 25.9 Å². The van der Waals surface area contributed by atoms with Gasteiger partial charge in [0.1, 0.15) is 18.3 Å². The zero-order chi connectivity index (χ0) is 22.9. The number of esters is 2. The van der Waals surface area contributed by atoms with Crippen LogP contribution >= 0.6 is 0 Å². The van der Waals surface area contributed by atoms with Gasteiger partial charge < -0.3 is 28.8 Å². The van der Waals surface area contributed by atoms with Crippen LogP contribution in [-0.4, -0.2) is 67.1 Å². The minimum Gasteiger partial charge on any atom is -0.465 e. The Bertz CT molecular complexity index is 768. The Morgan fingerprint density at radius 2 is 1.88 bits per heavy atom. The number of carbonyl (C=O) groups excluding carboxylic acids is 2. The van der Waals surface area contributed by atoms with Crippen LogP contribution in [0, 0.1) is 28.6 Å². The van der Waals surface area contributed by atoms with E-state index in [9.17, 15) is 14.7 Å². The minimum atomic E-state index is -0.877. The molecular formula is C24H36O8. The molecule has 0 aromatic heterocycles. The lowest BCUT2D eigenvalue weighted by molar-refractivity contribution is -0.268. The molecule has 0 bridgehead atoms. The number of fused-ring (bicyclic) bond motifs is 3. The van der Waals surface area contributed by atoms with Gasteiger partial charge in [0, 0.05) is 25.2 Å². The van der Waals surface area contributed by atoms with Crippen molar-refractivity contribution < 1.29 is 38.4 Å². The van der Waals surface area contributed by atoms with E-state index in [1.807, 2.05) is 0 Å². The molecule has 5 rings (SSSR count). The van der Waals surface area contributed by atoms with Crippen molar-refractivity contribution in [2.75, 3.05) is 19.8 Å². The first-order valence-corrected chi connectivity index (χ1v) is 12.0. The van der Waals surface area contributed by atoms with E-state index in [1.54, 1.807) is 0 Å². The summed E-state index contributed by atoms with van der Waals surface area (Å²) in [6, 6.07) is 0. The average molecular weight is 453 g/mol. The zero-order valence-corrected chi connectivity index (χ0v) is 19.5. The second-order valence-electron chi connectivity index (χ2n) is 10.9. The third kappa shape index (κ3) is 3.02. The van der Waals surface area contributed by atoms with Crippen LogP contribution in [-0.2, 0) is 33.3 Å². The second-order valence-corrected chi connectivity index (χ2v) is 10.9. The largest absolute Gasteiger partial charge is 0.465 e. The van der Waals surface area contributed by atoms with Crippen molar-refractivity contribution in [3.63, 3.8) is 0 Å². The van der Waals surface area contributed by atoms with Crippen LogP contribution < -0.4 is 0 Å². The number of aliphatic hydroxyl groups excluding tert-OH is 1. The molecule has 3 aliphatic heterocycles. The number of carbonyl (C=O) groups is 2. The smallest absolute Gasteiger partial charge is 0.302 e. The number of aliphatic hydroxyl groups is 1. The van der Waals surface area contributed by atoms with Gasteiger partial charge in [-0.2, -0.15) is 0 Å². The highest BCUT2D eigenvalue weighted by atomic mass is 16.7. The van der Waals surface area contributed by atoms with E-state index in [2.05, 4.69) is 13.8 Å². The van der Waals surface area contributed by atoms with Crippen LogP contribution in [0.2, 0.25) is 0 Å². The molecule has 1 spiro atoms. The number of ether oxygens (including phenoxy) is 5. The SMILES string of the molecule is CC(=O)OCC12C(OC(C)=O)CC(C)C(C)(C3CC4CCOC4O3)C1CCC(O)C21CO1. The summed E-state index contributed by atoms with van der Waals surface area (Å²) in [7, 11) is 0. The van der Waals surface area contributed by atoms with Gasteiger partial charge in [0.15, 0.2) is 6.29 Å². The Labute approximate surface area is 189 Å². The first-order valence-electron chi connectivity index (χ1n) is 12.0. The van der Waals surface area contributed by atoms with Gasteiger partial charge in [-0.05, 0) is 43.9 Å². The van der Waals surface area contributed by atoms with Crippen LogP contribution in [0.15, 0.2) is 0 Å². The lowest BCUT2D eigenvalue weighted by atomic mass is 9.42. The summed E-state index contributed by atoms with van der Waals surface area (Å²) in [5, 5.41) is 11.1. The summed E-state index contributed by atoms with van der Waals surface area (Å²) in [5.41, 5.74) is -1.98. The highest BCUT2D eigenvalue weighted by Gasteiger charge is 2.79. The molecule has 1 N–H and O–H groups in total. The third-order valence-corrected chi connectivity index (χ3v) is 9.57. The number of rotatable bonds is 4. The molecular weight excluding hydrogens is 416 g/mol. The summed E-state index contributed by atoms with van der Waals surface area (Å²) in [6.45, 7) is 8.44. The molecule has 3 saturated heterocycles. The van der Waals surface area contributed by atoms with Gasteiger partial charge in [0.05, 0.1) is 30.8 Å². The number of hydrogen-bond donors (Lipinski definition) is 1. The van der Waals surface area contributed by atoms with Gasteiger partial charge in [-0.3, -0.25) is 9.59 Å². The molecule has 8 heteroatoms. The normalized spacial score (nSPS) is 51.7. The van der Waals surface area contributed by atoms with E-state index >= 15 is 0 Å². The predicted molar refractivity (Wildman–Crippen MR) is 111 cm³/mol. The van der Waals surface area contributed by atoms with E-state index in [0.29, 0.717) is 25.4 Å². The Kier molecular flexibility index (Phi) is 5.40. The standard InChI is InChI=1S/C24H36O8/c1-13-9-20(31-15(3)26)23(11-29-14(2)25)17(5-6-18(27)24(23)12-30-24)22(13,4)19-10-16-7-8-28-21(16)32-19/h13,16-21,27H,5-12H2,1-4H3. The lowest BCUT2D eigenvalue weighted by Gasteiger charge is -2.64. The Morgan fingerprint density at radius 3 is 2.50 bits per heavy atom. The first kappa shape index (κ1) is 22.6. The van der Waals surface area contributed by atoms with Gasteiger partial charge in [0.2, 0.25) is 0 Å². The molecule has 10 atom stereocenters. The summed E-state index contributed by atoms with van der Waals surface area (Å²) < 4.78 is 30.0. The van der Waals surface area contributed by atoms with Crippen molar-refractivity contribution in [3.05, 3.63) is 0 Å². The molecule has 0 radical (unpaired) electrons. The van der Waals surface area contributed by atoms with Crippen molar-refractivity contribution in [2.45, 2.75) is 90.0 Å². The fraction of sp³-hybridized carbons (Fsp3) is 0.917. The van der Waals surface area contributed by atoms with E-state index < -0.39 is 29.2 Å². The summed E-state index contributed by atoms with van der Waals surface area (Å²) in [4.78, 5) is 24.1. The van der Waals surface area contributed by atoms with Crippen LogP contribution in [0.3, 0.4) is 0 Å². The monoisotopic (exact) mass is 452 g/mol. The molecule has 5 fully saturated rings. The summed E-state index contributed by atoms with van der Waals surface area (Å²) in [5.74, 6) is -0.189. The maximum atomic E-state index is 12.2. The van der Waals surface area contributed by atoms with Crippen molar-refractivity contribution in [1.82, 2.24) is 0 Å². The summed E-state index contributed by atoms with van der Waals surface area (Å²) in [6.07, 6.45) is 2.48. The maximum absolute atomic E-state index is 12.2. The van der Waals surface area contributed by atoms with Crippen LogP contribution in [0.25, 0.3) is 0 Å². The van der Waals surface area contributed by atoms with Crippen LogP contribution in [0.4, 0.5) is 0 Å². The molecule has 3 heterocycles. The predicted octanol–water partition coefficient (Wildman–Crippen LogP) is 2.21. The van der Waals surface area contributed by atoms with Gasteiger partial charge in [-0.1, -0.05) is 13.8 Å². The highest BCUT2D eigenvalue weighted by molar-refractivity contribution is 5.67. The number of hydrogen-bond acceptors (Lipinski definition) is 8. The molecule has 0 amide bonds. The van der Waals surface area contributed by atoms with E-state index in [-0.39, 0.29) is 42.2 Å². The van der Waals surface area contributed by atoms with Crippen molar-refractivity contribution in [1.29, 1.82) is 0 Å². The lowest BCUT2D eigenvalue weighted by Crippen LogP contribution is -2.71. The number of epoxide rings is 1. The molecule has 0 aromatic rings. The fourth-order valence-electron chi connectivity index (χ4n) is 7.76. The van der Waals surface area contributed by atoms with Crippen molar-refractivity contribution in [3.8, 4) is 0 Å². The average Bonchev–Trinajstić information content (AvgIpc) is 3.22. The topological polar surface area (TPSA) is 104 Å². The summed E-state index contributed by atoms with van der Waals surface area (Å²) >= 11 is 0. The maximum Gasteiger partial charge on any atom is 0.302 e. The van der Waals surface area contributed by atoms with Crippen LogP contribution in [0.1, 0.15) is 59.8 Å². The molecule has 2 saturated carbocycles. The molecule has 180 valence electrons. The quantitative estimate of drug-likeness (QED) is 0.511. The Morgan fingerprint density at radius 1 is 1.12 bits per heavy atom. The Balaban J connectivity index is 1.59. The third-order valence-electron chi connectivity index (χ3n) is 9.57. The second kappa shape index (κ2) is 7.65. The van der Waals surface area contributed by atoms with E-state index in [4.69, 9.17) is 23.7 Å². The molecule has 32 heavy (non-hydrogen) atoms. The minimum absolute atomic E-state index is 0.0150. The molecule has 5 aliphatic rings. The van der Waals surface area contributed by atoms with Gasteiger partial charge >= 0.3 is 11.9 Å². The van der Waals surface area contributed by atoms with Gasteiger partial charge in [0.25, 0.3) is 0 Å². The molecule has 10 unspecified atom stereocenters. The molecule has 8 nitrogen and oxygen atoms in total. The Hall–Kier alpha value is -1.22. The fourth-order valence-corrected chi connectivity index (χ4v) is 7.76. The van der Waals surface area contributed by atoms with Crippen molar-refractivity contribution >= 4 is 11.9 Å². The van der Waals surface area contributed by atoms with Gasteiger partial charge in [-0.25, -0.2) is 0 Å². The van der Waals surface area contributed by atoms with E-state index in [1.165, 1.54) is 13.8 Å². The van der Waals surface area contributed by atoms with Crippen molar-refractivity contribution in [2.24, 2.45) is 28.6 Å².